The minimum absolute atomic E-state index is 0.366. The van der Waals surface area contributed by atoms with Crippen LogP contribution < -0.4 is 14.2 Å². The predicted molar refractivity (Wildman–Crippen MR) is 93.1 cm³/mol. The molecule has 0 amide bonds. The monoisotopic (exact) mass is 386 g/mol. The smallest absolute Gasteiger partial charge is 0.266 e. The number of hydrogen-bond acceptors (Lipinski definition) is 4. The molecule has 2 aromatic carbocycles. The van der Waals surface area contributed by atoms with E-state index in [1.165, 1.54) is 13.2 Å². The number of anilines is 1. The van der Waals surface area contributed by atoms with Crippen LogP contribution in [0.2, 0.25) is 0 Å². The van der Waals surface area contributed by atoms with Gasteiger partial charge in [0, 0.05) is 11.8 Å². The van der Waals surface area contributed by atoms with Crippen molar-refractivity contribution in [2.45, 2.75) is 4.90 Å². The van der Waals surface area contributed by atoms with Crippen LogP contribution >= 0.6 is 0 Å². The molecule has 0 heterocycles. The highest BCUT2D eigenvalue weighted by Gasteiger charge is 2.21. The molecule has 3 N–H and O–H groups in total. The average molecular weight is 386 g/mol. The van der Waals surface area contributed by atoms with Crippen molar-refractivity contribution in [3.05, 3.63) is 60.0 Å². The van der Waals surface area contributed by atoms with E-state index in [9.17, 15) is 21.6 Å². The molecule has 1 unspecified atom stereocenters. The number of hydrogen-bond donors (Lipinski definition) is 2. The topological polar surface area (TPSA) is 110 Å². The Morgan fingerprint density at radius 2 is 1.96 bits per heavy atom. The second-order valence-corrected chi connectivity index (χ2v) is 7.16. The lowest BCUT2D eigenvalue weighted by atomic mass is 10.2. The third kappa shape index (κ3) is 4.63. The summed E-state index contributed by atoms with van der Waals surface area (Å²) >= 11 is -2.67. The summed E-state index contributed by atoms with van der Waals surface area (Å²) in [5.41, 5.74) is 0.198. The zero-order valence-electron chi connectivity index (χ0n) is 13.0. The van der Waals surface area contributed by atoms with Gasteiger partial charge < -0.3 is 4.74 Å². The lowest BCUT2D eigenvalue weighted by Crippen LogP contribution is -2.23. The molecule has 2 aromatic rings. The van der Waals surface area contributed by atoms with Crippen LogP contribution in [-0.4, -0.2) is 24.3 Å². The van der Waals surface area contributed by atoms with Crippen LogP contribution in [0.3, 0.4) is 0 Å². The van der Waals surface area contributed by atoms with Gasteiger partial charge in [-0.25, -0.2) is 26.5 Å². The van der Waals surface area contributed by atoms with Gasteiger partial charge in [0.05, 0.1) is 12.8 Å². The molecule has 0 aliphatic carbocycles. The lowest BCUT2D eigenvalue weighted by Gasteiger charge is -2.18. The number of sulfonamides is 1. The van der Waals surface area contributed by atoms with Crippen LogP contribution in [0.4, 0.5) is 10.1 Å². The highest BCUT2D eigenvalue weighted by atomic mass is 32.2. The second-order valence-electron chi connectivity index (χ2n) is 4.77. The summed E-state index contributed by atoms with van der Waals surface area (Å²) in [4.78, 5) is -0.485. The summed E-state index contributed by atoms with van der Waals surface area (Å²) in [6.07, 6.45) is 2.56. The van der Waals surface area contributed by atoms with Crippen LogP contribution in [0, 0.1) is 5.82 Å². The van der Waals surface area contributed by atoms with Crippen molar-refractivity contribution in [1.82, 2.24) is 0 Å². The minimum Gasteiger partial charge on any atom is -0.496 e. The number of halogens is 1. The van der Waals surface area contributed by atoms with Crippen LogP contribution in [-0.2, 0) is 21.3 Å². The number of ether oxygens (including phenoxy) is 1. The average Bonchev–Trinajstić information content (AvgIpc) is 2.54. The van der Waals surface area contributed by atoms with Crippen LogP contribution in [0.1, 0.15) is 5.56 Å². The number of benzene rings is 2. The molecular formula is C15H15FN2O5S2. The molecule has 0 fully saturated rings. The van der Waals surface area contributed by atoms with Gasteiger partial charge in [-0.2, -0.15) is 0 Å². The van der Waals surface area contributed by atoms with Gasteiger partial charge in [0.1, 0.15) is 16.5 Å². The first kappa shape index (κ1) is 19.1. The Labute approximate surface area is 147 Å². The van der Waals surface area contributed by atoms with Crippen LogP contribution in [0.25, 0.3) is 6.08 Å². The van der Waals surface area contributed by atoms with E-state index < -0.39 is 32.0 Å². The number of primary sulfonamides is 1. The van der Waals surface area contributed by atoms with E-state index in [4.69, 9.17) is 9.88 Å². The number of methoxy groups -OCH3 is 1. The molecule has 0 aliphatic rings. The van der Waals surface area contributed by atoms with Crippen LogP contribution in [0.15, 0.2) is 53.6 Å². The Hall–Kier alpha value is -2.27. The summed E-state index contributed by atoms with van der Waals surface area (Å²) in [5.74, 6) is -0.295. The fourth-order valence-electron chi connectivity index (χ4n) is 2.07. The maximum Gasteiger partial charge on any atom is 0.266 e. The number of nitrogens with two attached hydrogens (primary N) is 1. The molecule has 134 valence electrons. The molecule has 0 aromatic heterocycles. The van der Waals surface area contributed by atoms with E-state index in [-0.39, 0.29) is 5.69 Å². The van der Waals surface area contributed by atoms with Crippen molar-refractivity contribution in [2.24, 2.45) is 5.14 Å². The highest BCUT2D eigenvalue weighted by Crippen LogP contribution is 2.28. The SMILES string of the molecule is COc1ccccc1C=CN(c1cc(F)ccc1S(N)(=O)=O)S(=O)O. The van der Waals surface area contributed by atoms with E-state index in [1.54, 1.807) is 24.3 Å². The molecule has 7 nitrogen and oxygen atoms in total. The predicted octanol–water partition coefficient (Wildman–Crippen LogP) is 2.10. The van der Waals surface area contributed by atoms with Gasteiger partial charge in [0.15, 0.2) is 0 Å². The molecule has 0 saturated carbocycles. The number of nitrogens with zero attached hydrogens (tertiary/aromatic N) is 1. The van der Waals surface area contributed by atoms with Gasteiger partial charge in [0.25, 0.3) is 11.3 Å². The van der Waals surface area contributed by atoms with Crippen molar-refractivity contribution in [1.29, 1.82) is 0 Å². The molecule has 10 heteroatoms. The van der Waals surface area contributed by atoms with E-state index in [0.29, 0.717) is 15.6 Å². The maximum atomic E-state index is 13.6. The van der Waals surface area contributed by atoms with Crippen molar-refractivity contribution in [3.8, 4) is 5.75 Å². The summed E-state index contributed by atoms with van der Waals surface area (Å²) in [5, 5.41) is 5.10. The fourth-order valence-corrected chi connectivity index (χ4v) is 3.32. The summed E-state index contributed by atoms with van der Waals surface area (Å²) in [6.45, 7) is 0. The second kappa shape index (κ2) is 7.74. The summed E-state index contributed by atoms with van der Waals surface area (Å²) in [7, 11) is -2.78. The van der Waals surface area contributed by atoms with E-state index in [0.717, 1.165) is 24.4 Å². The third-order valence-electron chi connectivity index (χ3n) is 3.16. The normalized spacial score (nSPS) is 13.0. The Balaban J connectivity index is 2.55. The molecule has 0 bridgehead atoms. The van der Waals surface area contributed by atoms with Gasteiger partial charge in [-0.05, 0) is 30.3 Å². The van der Waals surface area contributed by atoms with Gasteiger partial charge in [-0.15, -0.1) is 0 Å². The zero-order chi connectivity index (χ0) is 18.6. The first-order chi connectivity index (χ1) is 11.7. The quantitative estimate of drug-likeness (QED) is 0.739. The number of rotatable bonds is 6. The first-order valence-electron chi connectivity index (χ1n) is 6.78. The van der Waals surface area contributed by atoms with Crippen molar-refractivity contribution in [3.63, 3.8) is 0 Å². The molecule has 0 aliphatic heterocycles. The van der Waals surface area contributed by atoms with Crippen molar-refractivity contribution < 1.29 is 26.3 Å². The molecule has 0 saturated heterocycles. The standard InChI is InChI=1S/C15H15FN2O5S2/c1-23-14-5-3-2-4-11(14)8-9-18(24(19)20)13-10-12(16)6-7-15(13)25(17,21)22/h2-10H,1H3,(H,19,20)(H2,17,21,22). The van der Waals surface area contributed by atoms with E-state index in [1.807, 2.05) is 0 Å². The van der Waals surface area contributed by atoms with Crippen molar-refractivity contribution >= 4 is 33.1 Å². The Morgan fingerprint density at radius 3 is 2.56 bits per heavy atom. The lowest BCUT2D eigenvalue weighted by molar-refractivity contribution is 0.414. The first-order valence-corrected chi connectivity index (χ1v) is 9.39. The molecular weight excluding hydrogens is 371 g/mol. The van der Waals surface area contributed by atoms with E-state index in [2.05, 4.69) is 0 Å². The Morgan fingerprint density at radius 1 is 1.28 bits per heavy atom. The Kier molecular flexibility index (Phi) is 5.90. The zero-order valence-corrected chi connectivity index (χ0v) is 14.6. The molecule has 0 radical (unpaired) electrons. The van der Waals surface area contributed by atoms with Gasteiger partial charge in [0.2, 0.25) is 10.0 Å². The fraction of sp³-hybridized carbons (Fsp3) is 0.0667. The molecule has 25 heavy (non-hydrogen) atoms. The largest absolute Gasteiger partial charge is 0.496 e. The highest BCUT2D eigenvalue weighted by molar-refractivity contribution is 7.89. The maximum absolute atomic E-state index is 13.6. The van der Waals surface area contributed by atoms with Gasteiger partial charge in [-0.3, -0.25) is 4.55 Å². The molecule has 2 rings (SSSR count). The van der Waals surface area contributed by atoms with Gasteiger partial charge in [-0.1, -0.05) is 18.2 Å². The van der Waals surface area contributed by atoms with E-state index >= 15 is 0 Å². The van der Waals surface area contributed by atoms with Crippen LogP contribution in [0.5, 0.6) is 5.75 Å². The minimum atomic E-state index is -4.24. The molecule has 1 atom stereocenters. The van der Waals surface area contributed by atoms with Gasteiger partial charge >= 0.3 is 0 Å². The van der Waals surface area contributed by atoms with Crippen molar-refractivity contribution in [2.75, 3.05) is 11.4 Å². The Bertz CT molecular complexity index is 931. The summed E-state index contributed by atoms with van der Waals surface area (Å²) in [6, 6.07) is 9.45. The third-order valence-corrected chi connectivity index (χ3v) is 4.77. The molecule has 0 spiro atoms. The summed E-state index contributed by atoms with van der Waals surface area (Å²) < 4.78 is 63.9. The number of para-hydroxylation sites is 1.